The normalized spacial score (nSPS) is 20.5. The van der Waals surface area contributed by atoms with Crippen molar-refractivity contribution in [3.8, 4) is 6.07 Å². The van der Waals surface area contributed by atoms with E-state index in [4.69, 9.17) is 29.6 Å². The van der Waals surface area contributed by atoms with Gasteiger partial charge < -0.3 is 19.3 Å². The Morgan fingerprint density at radius 2 is 1.67 bits per heavy atom. The molecule has 3 aromatic rings. The number of fused-ring (bicyclic) bond motifs is 1. The van der Waals surface area contributed by atoms with Gasteiger partial charge in [-0.1, -0.05) is 59.8 Å². The molecule has 226 valence electrons. The van der Waals surface area contributed by atoms with Crippen LogP contribution in [0.4, 0.5) is 5.82 Å². The fraction of sp³-hybridized carbons (Fsp3) is 0.548. The Labute approximate surface area is 252 Å². The van der Waals surface area contributed by atoms with Gasteiger partial charge in [-0.05, 0) is 60.0 Å². The van der Waals surface area contributed by atoms with Crippen LogP contribution < -0.4 is 5.73 Å². The van der Waals surface area contributed by atoms with Gasteiger partial charge in [-0.15, -0.1) is 0 Å². The van der Waals surface area contributed by atoms with Crippen LogP contribution in [0, 0.1) is 11.3 Å². The highest BCUT2D eigenvalue weighted by Gasteiger charge is 2.47. The molecule has 2 N–H and O–H groups in total. The van der Waals surface area contributed by atoms with Gasteiger partial charge in [-0.2, -0.15) is 5.26 Å². The van der Waals surface area contributed by atoms with E-state index in [9.17, 15) is 0 Å². The van der Waals surface area contributed by atoms with E-state index in [-0.39, 0.29) is 28.5 Å². The maximum atomic E-state index is 9.15. The number of hydrogen-bond donors (Lipinski definition) is 1. The molecule has 3 atom stereocenters. The van der Waals surface area contributed by atoms with Crippen molar-refractivity contribution in [2.45, 2.75) is 103 Å². The first-order valence-corrected chi connectivity index (χ1v) is 20.4. The van der Waals surface area contributed by atoms with E-state index in [1.54, 1.807) is 12.1 Å². The van der Waals surface area contributed by atoms with Gasteiger partial charge in [0.05, 0.1) is 24.3 Å². The monoisotopic (exact) mass is 606 g/mol. The first-order valence-electron chi connectivity index (χ1n) is 14.6. The molecule has 0 unspecified atom stereocenters. The third kappa shape index (κ3) is 6.68. The van der Waals surface area contributed by atoms with Crippen molar-refractivity contribution < 1.29 is 13.6 Å². The molecule has 0 amide bonds. The summed E-state index contributed by atoms with van der Waals surface area (Å²) < 4.78 is 22.5. The van der Waals surface area contributed by atoms with E-state index >= 15 is 0 Å². The average molecular weight is 607 g/mol. The number of imidazole rings is 1. The van der Waals surface area contributed by atoms with Gasteiger partial charge >= 0.3 is 0 Å². The number of nitrogens with two attached hydrogens (primary N) is 1. The topological polar surface area (TPSA) is 121 Å². The van der Waals surface area contributed by atoms with E-state index in [0.29, 0.717) is 41.4 Å². The molecular formula is C31H46N6O3Si2. The summed E-state index contributed by atoms with van der Waals surface area (Å²) in [4.78, 5) is 13.6. The van der Waals surface area contributed by atoms with Crippen molar-refractivity contribution in [2.75, 3.05) is 12.3 Å². The lowest BCUT2D eigenvalue weighted by atomic mass is 10.1. The van der Waals surface area contributed by atoms with Crippen molar-refractivity contribution in [3.63, 3.8) is 0 Å². The van der Waals surface area contributed by atoms with Gasteiger partial charge in [-0.25, -0.2) is 15.0 Å². The summed E-state index contributed by atoms with van der Waals surface area (Å²) in [6.45, 7) is 23.0. The lowest BCUT2D eigenvalue weighted by Crippen LogP contribution is -2.48. The highest BCUT2D eigenvalue weighted by atomic mass is 28.4. The minimum Gasteiger partial charge on any atom is -0.414 e. The number of anilines is 1. The van der Waals surface area contributed by atoms with Crippen LogP contribution in [-0.2, 0) is 13.6 Å². The first kappa shape index (κ1) is 32.0. The molecule has 9 nitrogen and oxygen atoms in total. The molecule has 1 aliphatic rings. The average Bonchev–Trinajstić information content (AvgIpc) is 3.46. The molecule has 0 spiro atoms. The summed E-state index contributed by atoms with van der Waals surface area (Å²) in [5, 5.41) is 9.28. The summed E-state index contributed by atoms with van der Waals surface area (Å²) in [7, 11) is -4.13. The Morgan fingerprint density at radius 3 is 2.26 bits per heavy atom. The maximum absolute atomic E-state index is 9.15. The predicted molar refractivity (Wildman–Crippen MR) is 174 cm³/mol. The van der Waals surface area contributed by atoms with Crippen molar-refractivity contribution in [1.29, 1.82) is 5.26 Å². The number of hydrogen-bond acceptors (Lipinski definition) is 8. The predicted octanol–water partition coefficient (Wildman–Crippen LogP) is 7.15. The molecule has 11 heteroatoms. The van der Waals surface area contributed by atoms with Crippen molar-refractivity contribution in [1.82, 2.24) is 19.5 Å². The van der Waals surface area contributed by atoms with Gasteiger partial charge in [-0.3, -0.25) is 4.57 Å². The summed E-state index contributed by atoms with van der Waals surface area (Å²) in [5.41, 5.74) is 8.94. The SMILES string of the molecule is CC(C)(C)[Si](C)(C)OC[C@H]1O[C@@H](n2c(/C=C/c3ccc(C#N)cc3)nc3c(N)ncnc32)C[C@@H]1O[Si](C)(C)C(C)(C)C. The molecule has 1 aromatic carbocycles. The second kappa shape index (κ2) is 11.7. The first-order chi connectivity index (χ1) is 19.4. The van der Waals surface area contributed by atoms with Crippen LogP contribution in [0.1, 0.15) is 71.1 Å². The number of benzene rings is 1. The minimum absolute atomic E-state index is 0.0499. The second-order valence-corrected chi connectivity index (χ2v) is 23.8. The number of nitrogen functional groups attached to an aromatic ring is 1. The van der Waals surface area contributed by atoms with E-state index in [2.05, 4.69) is 83.8 Å². The standard InChI is InChI=1S/C31H46N6O3Si2/c1-30(2,3)41(7,8)38-19-24-23(40-42(9,10)31(4,5)6)17-26(39-24)37-25(36-27-28(33)34-20-35-29(27)37)16-15-21-11-13-22(18-32)14-12-21/h11-16,20,23-24,26H,17,19H2,1-10H3,(H2,33,34,35)/b16-15+/t23-,24+,26+/m0/s1. The van der Waals surface area contributed by atoms with Crippen LogP contribution in [0.3, 0.4) is 0 Å². The molecule has 0 radical (unpaired) electrons. The van der Waals surface area contributed by atoms with Crippen LogP contribution in [-0.4, -0.2) is 55.0 Å². The number of aromatic nitrogens is 4. The van der Waals surface area contributed by atoms with Crippen molar-refractivity contribution in [3.05, 3.63) is 47.5 Å². The number of rotatable bonds is 8. The van der Waals surface area contributed by atoms with Gasteiger partial charge in [0.1, 0.15) is 24.5 Å². The molecule has 1 aliphatic heterocycles. The fourth-order valence-corrected chi connectivity index (χ4v) is 6.75. The fourth-order valence-electron chi connectivity index (χ4n) is 4.38. The summed E-state index contributed by atoms with van der Waals surface area (Å²) >= 11 is 0. The van der Waals surface area contributed by atoms with Gasteiger partial charge in [0.2, 0.25) is 0 Å². The molecule has 1 fully saturated rings. The molecule has 1 saturated heterocycles. The van der Waals surface area contributed by atoms with E-state index in [1.165, 1.54) is 6.33 Å². The molecular weight excluding hydrogens is 561 g/mol. The Kier molecular flexibility index (Phi) is 8.89. The van der Waals surface area contributed by atoms with Crippen LogP contribution in [0.2, 0.25) is 36.3 Å². The zero-order chi connectivity index (χ0) is 31.1. The molecule has 0 aliphatic carbocycles. The summed E-state index contributed by atoms with van der Waals surface area (Å²) in [5.74, 6) is 0.972. The lowest BCUT2D eigenvalue weighted by molar-refractivity contribution is -0.0385. The van der Waals surface area contributed by atoms with Crippen LogP contribution >= 0.6 is 0 Å². The van der Waals surface area contributed by atoms with E-state index in [1.807, 2.05) is 28.9 Å². The van der Waals surface area contributed by atoms with Crippen LogP contribution in [0.15, 0.2) is 30.6 Å². The third-order valence-corrected chi connectivity index (χ3v) is 18.1. The largest absolute Gasteiger partial charge is 0.414 e. The van der Waals surface area contributed by atoms with Crippen molar-refractivity contribution >= 4 is 45.8 Å². The highest BCUT2D eigenvalue weighted by Crippen LogP contribution is 2.43. The molecule has 3 heterocycles. The minimum atomic E-state index is -2.11. The van der Waals surface area contributed by atoms with E-state index in [0.717, 1.165) is 5.56 Å². The molecule has 2 aromatic heterocycles. The maximum Gasteiger partial charge on any atom is 0.192 e. The smallest absolute Gasteiger partial charge is 0.192 e. The second-order valence-electron chi connectivity index (χ2n) is 14.2. The summed E-state index contributed by atoms with van der Waals surface area (Å²) in [6.07, 6.45) is 5.20. The number of nitrogens with zero attached hydrogens (tertiary/aromatic N) is 5. The Hall–Kier alpha value is -2.89. The summed E-state index contributed by atoms with van der Waals surface area (Å²) in [6, 6.07) is 9.55. The quantitative estimate of drug-likeness (QED) is 0.268. The third-order valence-electron chi connectivity index (χ3n) is 9.13. The molecule has 4 rings (SSSR count). The van der Waals surface area contributed by atoms with Gasteiger partial charge in [0.15, 0.2) is 33.6 Å². The zero-order valence-electron chi connectivity index (χ0n) is 26.7. The van der Waals surface area contributed by atoms with E-state index < -0.39 is 16.6 Å². The molecule has 42 heavy (non-hydrogen) atoms. The van der Waals surface area contributed by atoms with Crippen LogP contribution in [0.5, 0.6) is 0 Å². The zero-order valence-corrected chi connectivity index (χ0v) is 28.7. The van der Waals surface area contributed by atoms with Crippen molar-refractivity contribution in [2.24, 2.45) is 0 Å². The lowest BCUT2D eigenvalue weighted by Gasteiger charge is -2.40. The Bertz CT molecular complexity index is 1480. The highest BCUT2D eigenvalue weighted by molar-refractivity contribution is 6.74. The van der Waals surface area contributed by atoms with Crippen LogP contribution in [0.25, 0.3) is 23.3 Å². The Morgan fingerprint density at radius 1 is 1.02 bits per heavy atom. The Balaban J connectivity index is 1.72. The van der Waals surface area contributed by atoms with Gasteiger partial charge in [0.25, 0.3) is 0 Å². The number of nitriles is 1. The molecule has 0 bridgehead atoms. The molecule has 0 saturated carbocycles. The van der Waals surface area contributed by atoms with Gasteiger partial charge in [0, 0.05) is 6.42 Å². The number of ether oxygens (including phenoxy) is 1.